The van der Waals surface area contributed by atoms with Gasteiger partial charge >= 0.3 is 11.9 Å². The van der Waals surface area contributed by atoms with Crippen LogP contribution in [0.3, 0.4) is 0 Å². The molecule has 0 aromatic heterocycles. The fourth-order valence-electron chi connectivity index (χ4n) is 2.04. The number of thioether (sulfide) groups is 1. The average molecular weight is 314 g/mol. The lowest BCUT2D eigenvalue weighted by Crippen LogP contribution is -2.45. The van der Waals surface area contributed by atoms with Crippen LogP contribution >= 0.6 is 11.8 Å². The number of esters is 1. The molecule has 116 valence electrons. The minimum absolute atomic E-state index is 0.0932. The zero-order chi connectivity index (χ0) is 15.9. The summed E-state index contributed by atoms with van der Waals surface area (Å²) >= 11 is 1.54. The number of carbonyl (C=O) groups excluding carboxylic acids is 1. The first-order valence-corrected chi connectivity index (χ1v) is 7.88. The molecule has 4 nitrogen and oxygen atoms in total. The van der Waals surface area contributed by atoms with E-state index in [1.54, 1.807) is 18.7 Å². The van der Waals surface area contributed by atoms with Crippen molar-refractivity contribution >= 4 is 23.7 Å². The fraction of sp³-hybridized carbons (Fsp3) is 0.467. The van der Waals surface area contributed by atoms with E-state index >= 15 is 0 Å². The number of halogens is 1. The van der Waals surface area contributed by atoms with Gasteiger partial charge in [0.15, 0.2) is 5.41 Å². The van der Waals surface area contributed by atoms with Gasteiger partial charge in [0.25, 0.3) is 0 Å². The molecular weight excluding hydrogens is 295 g/mol. The van der Waals surface area contributed by atoms with Crippen LogP contribution in [0.15, 0.2) is 24.3 Å². The highest BCUT2D eigenvalue weighted by Crippen LogP contribution is 2.32. The molecule has 0 aliphatic carbocycles. The van der Waals surface area contributed by atoms with Crippen molar-refractivity contribution in [2.24, 2.45) is 0 Å². The van der Waals surface area contributed by atoms with Gasteiger partial charge in [0.2, 0.25) is 0 Å². The SMILES string of the molecule is CCOC(=O)C(CCSCC)(C(=O)O)c1ccc(F)cc1. The molecule has 0 radical (unpaired) electrons. The van der Waals surface area contributed by atoms with Crippen molar-refractivity contribution in [3.63, 3.8) is 0 Å². The number of carboxylic acids is 1. The summed E-state index contributed by atoms with van der Waals surface area (Å²) in [5, 5.41) is 9.64. The number of rotatable bonds is 8. The highest BCUT2D eigenvalue weighted by atomic mass is 32.2. The summed E-state index contributed by atoms with van der Waals surface area (Å²) in [6, 6.07) is 4.96. The molecule has 0 saturated heterocycles. The molecule has 0 aliphatic heterocycles. The average Bonchev–Trinajstić information content (AvgIpc) is 2.45. The summed E-state index contributed by atoms with van der Waals surface area (Å²) in [5.74, 6) is -1.24. The molecule has 0 saturated carbocycles. The highest BCUT2D eigenvalue weighted by molar-refractivity contribution is 7.99. The molecule has 0 fully saturated rings. The van der Waals surface area contributed by atoms with E-state index < -0.39 is 23.2 Å². The van der Waals surface area contributed by atoms with Crippen LogP contribution < -0.4 is 0 Å². The predicted molar refractivity (Wildman–Crippen MR) is 80.0 cm³/mol. The summed E-state index contributed by atoms with van der Waals surface area (Å²) in [5.41, 5.74) is -1.54. The van der Waals surface area contributed by atoms with Gasteiger partial charge in [0.05, 0.1) is 6.61 Å². The van der Waals surface area contributed by atoms with Gasteiger partial charge in [-0.3, -0.25) is 9.59 Å². The van der Waals surface area contributed by atoms with Gasteiger partial charge in [-0.2, -0.15) is 11.8 Å². The molecule has 0 aliphatic rings. The molecule has 1 aromatic carbocycles. The van der Waals surface area contributed by atoms with Crippen molar-refractivity contribution in [1.29, 1.82) is 0 Å². The first-order valence-electron chi connectivity index (χ1n) is 6.73. The van der Waals surface area contributed by atoms with Gasteiger partial charge in [-0.05, 0) is 42.5 Å². The zero-order valence-corrected chi connectivity index (χ0v) is 12.9. The largest absolute Gasteiger partial charge is 0.480 e. The molecule has 1 aromatic rings. The van der Waals surface area contributed by atoms with Crippen molar-refractivity contribution in [1.82, 2.24) is 0 Å². The maximum atomic E-state index is 13.1. The van der Waals surface area contributed by atoms with Crippen molar-refractivity contribution < 1.29 is 23.8 Å². The van der Waals surface area contributed by atoms with Crippen molar-refractivity contribution in [3.05, 3.63) is 35.6 Å². The molecule has 1 atom stereocenters. The second-order valence-corrected chi connectivity index (χ2v) is 5.78. The molecule has 0 bridgehead atoms. The summed E-state index contributed by atoms with van der Waals surface area (Å²) in [6.07, 6.45) is 0.102. The number of hydrogen-bond acceptors (Lipinski definition) is 4. The zero-order valence-electron chi connectivity index (χ0n) is 12.1. The van der Waals surface area contributed by atoms with Crippen LogP contribution in [-0.4, -0.2) is 35.2 Å². The van der Waals surface area contributed by atoms with Gasteiger partial charge in [0, 0.05) is 0 Å². The Labute approximate surface area is 127 Å². The fourth-order valence-corrected chi connectivity index (χ4v) is 2.78. The quantitative estimate of drug-likeness (QED) is 0.454. The topological polar surface area (TPSA) is 63.6 Å². The number of hydrogen-bond donors (Lipinski definition) is 1. The Hall–Kier alpha value is -1.56. The van der Waals surface area contributed by atoms with Crippen molar-refractivity contribution in [2.75, 3.05) is 18.1 Å². The smallest absolute Gasteiger partial charge is 0.328 e. The van der Waals surface area contributed by atoms with E-state index in [9.17, 15) is 19.1 Å². The molecular formula is C15H19FO4S. The van der Waals surface area contributed by atoms with Crippen LogP contribution in [0.25, 0.3) is 0 Å². The highest BCUT2D eigenvalue weighted by Gasteiger charge is 2.49. The van der Waals surface area contributed by atoms with Crippen LogP contribution in [-0.2, 0) is 19.7 Å². The monoisotopic (exact) mass is 314 g/mol. The van der Waals surface area contributed by atoms with Crippen LogP contribution in [0.2, 0.25) is 0 Å². The van der Waals surface area contributed by atoms with Gasteiger partial charge in [0.1, 0.15) is 5.82 Å². The van der Waals surface area contributed by atoms with Crippen LogP contribution in [0.5, 0.6) is 0 Å². The van der Waals surface area contributed by atoms with Gasteiger partial charge < -0.3 is 9.84 Å². The second-order valence-electron chi connectivity index (χ2n) is 4.38. The van der Waals surface area contributed by atoms with E-state index in [1.807, 2.05) is 6.92 Å². The molecule has 1 N–H and O–H groups in total. The predicted octanol–water partition coefficient (Wildman–Crippen LogP) is 2.85. The Bertz CT molecular complexity index is 489. The summed E-state index contributed by atoms with van der Waals surface area (Å²) in [6.45, 7) is 3.67. The Morgan fingerprint density at radius 3 is 2.38 bits per heavy atom. The first-order chi connectivity index (χ1) is 9.98. The standard InChI is InChI=1S/C15H19FO4S/c1-3-20-14(19)15(13(17)18,9-10-21-4-2)11-5-7-12(16)8-6-11/h5-8H,3-4,9-10H2,1-2H3,(H,17,18). The lowest BCUT2D eigenvalue weighted by atomic mass is 9.78. The molecule has 1 rings (SSSR count). The number of carbonyl (C=O) groups is 2. The number of benzene rings is 1. The summed E-state index contributed by atoms with van der Waals surface area (Å²) in [4.78, 5) is 24.1. The van der Waals surface area contributed by atoms with Crippen LogP contribution in [0.1, 0.15) is 25.8 Å². The molecule has 1 unspecified atom stereocenters. The van der Waals surface area contributed by atoms with E-state index in [-0.39, 0.29) is 18.6 Å². The lowest BCUT2D eigenvalue weighted by molar-refractivity contribution is -0.161. The maximum Gasteiger partial charge on any atom is 0.328 e. The van der Waals surface area contributed by atoms with Gasteiger partial charge in [-0.25, -0.2) is 4.39 Å². The summed E-state index contributed by atoms with van der Waals surface area (Å²) in [7, 11) is 0. The normalized spacial score (nSPS) is 13.5. The Kier molecular flexibility index (Phi) is 6.68. The number of ether oxygens (including phenoxy) is 1. The minimum atomic E-state index is -1.79. The number of aliphatic carboxylic acids is 1. The minimum Gasteiger partial charge on any atom is -0.480 e. The molecule has 21 heavy (non-hydrogen) atoms. The number of carboxylic acid groups (broad SMARTS) is 1. The lowest BCUT2D eigenvalue weighted by Gasteiger charge is -2.27. The van der Waals surface area contributed by atoms with Gasteiger partial charge in [-0.1, -0.05) is 19.1 Å². The Morgan fingerprint density at radius 2 is 1.90 bits per heavy atom. The van der Waals surface area contributed by atoms with Crippen molar-refractivity contribution in [2.45, 2.75) is 25.7 Å². The van der Waals surface area contributed by atoms with E-state index in [2.05, 4.69) is 0 Å². The molecule has 0 spiro atoms. The van der Waals surface area contributed by atoms with E-state index in [0.717, 1.165) is 17.9 Å². The third kappa shape index (κ3) is 3.97. The molecule has 0 heterocycles. The second kappa shape index (κ2) is 8.02. The Balaban J connectivity index is 3.25. The van der Waals surface area contributed by atoms with E-state index in [4.69, 9.17) is 4.74 Å². The first kappa shape index (κ1) is 17.5. The van der Waals surface area contributed by atoms with E-state index in [1.165, 1.54) is 12.1 Å². The van der Waals surface area contributed by atoms with E-state index in [0.29, 0.717) is 5.75 Å². The summed E-state index contributed by atoms with van der Waals surface area (Å²) < 4.78 is 18.0. The third-order valence-electron chi connectivity index (χ3n) is 3.15. The van der Waals surface area contributed by atoms with Crippen LogP contribution in [0, 0.1) is 5.82 Å². The maximum absolute atomic E-state index is 13.1. The third-order valence-corrected chi connectivity index (χ3v) is 4.05. The Morgan fingerprint density at radius 1 is 1.29 bits per heavy atom. The van der Waals surface area contributed by atoms with Crippen LogP contribution in [0.4, 0.5) is 4.39 Å². The van der Waals surface area contributed by atoms with Gasteiger partial charge in [-0.15, -0.1) is 0 Å². The molecule has 0 amide bonds. The van der Waals surface area contributed by atoms with Crippen molar-refractivity contribution in [3.8, 4) is 0 Å². The molecule has 6 heteroatoms.